The minimum Gasteiger partial charge on any atom is -0.337 e. The highest BCUT2D eigenvalue weighted by Crippen LogP contribution is 2.20. The fourth-order valence-electron chi connectivity index (χ4n) is 2.47. The number of piperidine rings is 1. The van der Waals surface area contributed by atoms with Crippen molar-refractivity contribution in [3.05, 3.63) is 29.6 Å². The van der Waals surface area contributed by atoms with Crippen LogP contribution in [0.15, 0.2) is 18.3 Å². The molecule has 5 heteroatoms. The summed E-state index contributed by atoms with van der Waals surface area (Å²) in [5.41, 5.74) is 6.46. The lowest BCUT2D eigenvalue weighted by Crippen LogP contribution is -2.40. The van der Waals surface area contributed by atoms with Gasteiger partial charge < -0.3 is 10.6 Å². The summed E-state index contributed by atoms with van der Waals surface area (Å²) in [5, 5.41) is 8.71. The molecule has 19 heavy (non-hydrogen) atoms. The largest absolute Gasteiger partial charge is 0.337 e. The molecule has 0 aromatic carbocycles. The average Bonchev–Trinajstić information content (AvgIpc) is 2.47. The third-order valence-electron chi connectivity index (χ3n) is 3.49. The summed E-state index contributed by atoms with van der Waals surface area (Å²) in [6.07, 6.45) is 4.56. The smallest absolute Gasteiger partial charge is 0.272 e. The number of nitrogens with zero attached hydrogens (tertiary/aromatic N) is 3. The Labute approximate surface area is 113 Å². The number of pyridine rings is 1. The molecule has 1 aliphatic rings. The van der Waals surface area contributed by atoms with Gasteiger partial charge in [-0.15, -0.1) is 0 Å². The number of aromatic nitrogens is 1. The predicted molar refractivity (Wildman–Crippen MR) is 71.3 cm³/mol. The molecule has 2 N–H and O–H groups in total. The van der Waals surface area contributed by atoms with E-state index in [0.29, 0.717) is 23.7 Å². The Kier molecular flexibility index (Phi) is 4.48. The maximum absolute atomic E-state index is 12.3. The molecule has 5 nitrogen and oxygen atoms in total. The van der Waals surface area contributed by atoms with Crippen LogP contribution >= 0.6 is 0 Å². The van der Waals surface area contributed by atoms with E-state index < -0.39 is 0 Å². The van der Waals surface area contributed by atoms with Crippen LogP contribution in [0.1, 0.15) is 35.3 Å². The third kappa shape index (κ3) is 3.30. The van der Waals surface area contributed by atoms with E-state index in [4.69, 9.17) is 11.0 Å². The van der Waals surface area contributed by atoms with Gasteiger partial charge in [0.1, 0.15) is 11.8 Å². The topological polar surface area (TPSA) is 83.0 Å². The lowest BCUT2D eigenvalue weighted by atomic mass is 9.94. The maximum Gasteiger partial charge on any atom is 0.272 e. The number of carbonyl (C=O) groups excluding carboxylic acids is 1. The molecule has 2 heterocycles. The summed E-state index contributed by atoms with van der Waals surface area (Å²) in [6, 6.07) is 5.24. The van der Waals surface area contributed by atoms with Gasteiger partial charge in [-0.25, -0.2) is 4.98 Å². The summed E-state index contributed by atoms with van der Waals surface area (Å²) >= 11 is 0. The van der Waals surface area contributed by atoms with Gasteiger partial charge in [0.25, 0.3) is 5.91 Å². The van der Waals surface area contributed by atoms with Crippen LogP contribution in [0.5, 0.6) is 0 Å². The monoisotopic (exact) mass is 258 g/mol. The fourth-order valence-corrected chi connectivity index (χ4v) is 2.47. The van der Waals surface area contributed by atoms with Gasteiger partial charge in [0, 0.05) is 19.3 Å². The number of nitrogens with two attached hydrogens (primary N) is 1. The van der Waals surface area contributed by atoms with E-state index in [1.165, 1.54) is 6.20 Å². The van der Waals surface area contributed by atoms with Crippen LogP contribution in [0.25, 0.3) is 0 Å². The lowest BCUT2D eigenvalue weighted by Gasteiger charge is -2.32. The number of hydrogen-bond donors (Lipinski definition) is 1. The molecule has 0 bridgehead atoms. The molecular formula is C14H18N4O. The van der Waals surface area contributed by atoms with E-state index in [-0.39, 0.29) is 5.91 Å². The van der Waals surface area contributed by atoms with Crippen LogP contribution in [0.3, 0.4) is 0 Å². The van der Waals surface area contributed by atoms with E-state index >= 15 is 0 Å². The molecule has 1 atom stereocenters. The SMILES string of the molecule is N#Cc1ccc(C(=O)N2CCCC(CCN)C2)nc1. The van der Waals surface area contributed by atoms with Gasteiger partial charge in [0.2, 0.25) is 0 Å². The summed E-state index contributed by atoms with van der Waals surface area (Å²) in [7, 11) is 0. The molecule has 1 unspecified atom stereocenters. The zero-order valence-electron chi connectivity index (χ0n) is 10.9. The highest BCUT2D eigenvalue weighted by atomic mass is 16.2. The maximum atomic E-state index is 12.3. The number of carbonyl (C=O) groups is 1. The molecule has 0 radical (unpaired) electrons. The van der Waals surface area contributed by atoms with Crippen LogP contribution in [0.4, 0.5) is 0 Å². The highest BCUT2D eigenvalue weighted by Gasteiger charge is 2.24. The molecule has 1 fully saturated rings. The summed E-state index contributed by atoms with van der Waals surface area (Å²) in [6.45, 7) is 2.21. The van der Waals surface area contributed by atoms with Crippen molar-refractivity contribution in [3.8, 4) is 6.07 Å². The van der Waals surface area contributed by atoms with Crippen molar-refractivity contribution in [1.82, 2.24) is 9.88 Å². The third-order valence-corrected chi connectivity index (χ3v) is 3.49. The molecule has 2 rings (SSSR count). The second-order valence-corrected chi connectivity index (χ2v) is 4.88. The van der Waals surface area contributed by atoms with E-state index in [0.717, 1.165) is 32.4 Å². The Bertz CT molecular complexity index is 475. The van der Waals surface area contributed by atoms with Crippen molar-refractivity contribution < 1.29 is 4.79 Å². The zero-order chi connectivity index (χ0) is 13.7. The van der Waals surface area contributed by atoms with E-state index in [1.807, 2.05) is 11.0 Å². The minimum absolute atomic E-state index is 0.0498. The van der Waals surface area contributed by atoms with Gasteiger partial charge in [0.15, 0.2) is 0 Å². The zero-order valence-corrected chi connectivity index (χ0v) is 10.9. The van der Waals surface area contributed by atoms with Crippen molar-refractivity contribution in [2.75, 3.05) is 19.6 Å². The number of rotatable bonds is 3. The van der Waals surface area contributed by atoms with Crippen LogP contribution < -0.4 is 5.73 Å². The van der Waals surface area contributed by atoms with Crippen LogP contribution in [-0.4, -0.2) is 35.4 Å². The van der Waals surface area contributed by atoms with Crippen molar-refractivity contribution in [2.24, 2.45) is 11.7 Å². The first-order valence-corrected chi connectivity index (χ1v) is 6.60. The van der Waals surface area contributed by atoms with Crippen LogP contribution in [-0.2, 0) is 0 Å². The molecule has 1 aromatic heterocycles. The van der Waals surface area contributed by atoms with Crippen molar-refractivity contribution in [2.45, 2.75) is 19.3 Å². The van der Waals surface area contributed by atoms with Crippen molar-refractivity contribution in [3.63, 3.8) is 0 Å². The Morgan fingerprint density at radius 2 is 2.42 bits per heavy atom. The molecule has 1 amide bonds. The number of hydrogen-bond acceptors (Lipinski definition) is 4. The first kappa shape index (κ1) is 13.5. The Morgan fingerprint density at radius 1 is 1.58 bits per heavy atom. The average molecular weight is 258 g/mol. The van der Waals surface area contributed by atoms with Crippen molar-refractivity contribution >= 4 is 5.91 Å². The fraction of sp³-hybridized carbons (Fsp3) is 0.500. The molecule has 1 saturated heterocycles. The van der Waals surface area contributed by atoms with Gasteiger partial charge in [-0.1, -0.05) is 0 Å². The quantitative estimate of drug-likeness (QED) is 0.881. The molecule has 0 aliphatic carbocycles. The van der Waals surface area contributed by atoms with Gasteiger partial charge in [-0.2, -0.15) is 5.26 Å². The van der Waals surface area contributed by atoms with Crippen molar-refractivity contribution in [1.29, 1.82) is 5.26 Å². The number of likely N-dealkylation sites (tertiary alicyclic amines) is 1. The summed E-state index contributed by atoms with van der Waals surface area (Å²) in [4.78, 5) is 18.2. The molecular weight excluding hydrogens is 240 g/mol. The Hall–Kier alpha value is -1.93. The molecule has 0 spiro atoms. The second kappa shape index (κ2) is 6.30. The summed E-state index contributed by atoms with van der Waals surface area (Å²) < 4.78 is 0. The first-order valence-electron chi connectivity index (χ1n) is 6.60. The van der Waals surface area contributed by atoms with Gasteiger partial charge in [-0.3, -0.25) is 4.79 Å². The molecule has 1 aromatic rings. The van der Waals surface area contributed by atoms with E-state index in [9.17, 15) is 4.79 Å². The predicted octanol–water partition coefficient (Wildman–Crippen LogP) is 1.15. The first-order chi connectivity index (χ1) is 9.24. The van der Waals surface area contributed by atoms with Crippen LogP contribution in [0.2, 0.25) is 0 Å². The van der Waals surface area contributed by atoms with E-state index in [2.05, 4.69) is 4.98 Å². The normalized spacial score (nSPS) is 18.9. The number of nitriles is 1. The Morgan fingerprint density at radius 3 is 3.05 bits per heavy atom. The van der Waals surface area contributed by atoms with Gasteiger partial charge >= 0.3 is 0 Å². The summed E-state index contributed by atoms with van der Waals surface area (Å²) in [5.74, 6) is 0.451. The standard InChI is InChI=1S/C14H18N4O/c15-6-5-11-2-1-7-18(10-11)14(19)13-4-3-12(8-16)9-17-13/h3-4,9,11H,1-2,5-7,10,15H2. The molecule has 100 valence electrons. The van der Waals surface area contributed by atoms with E-state index in [1.54, 1.807) is 12.1 Å². The lowest BCUT2D eigenvalue weighted by molar-refractivity contribution is 0.0663. The second-order valence-electron chi connectivity index (χ2n) is 4.88. The number of amides is 1. The van der Waals surface area contributed by atoms with Crippen LogP contribution in [0, 0.1) is 17.2 Å². The minimum atomic E-state index is -0.0498. The highest BCUT2D eigenvalue weighted by molar-refractivity contribution is 5.92. The van der Waals surface area contributed by atoms with Gasteiger partial charge in [0.05, 0.1) is 5.56 Å². The molecule has 0 saturated carbocycles. The van der Waals surface area contributed by atoms with Gasteiger partial charge in [-0.05, 0) is 43.9 Å². The molecule has 1 aliphatic heterocycles. The Balaban J connectivity index is 2.04.